The zero-order chi connectivity index (χ0) is 13.5. The summed E-state index contributed by atoms with van der Waals surface area (Å²) in [6, 6.07) is 0. The van der Waals surface area contributed by atoms with E-state index < -0.39 is 0 Å². The molecule has 4 heteroatoms. The minimum absolute atomic E-state index is 0.0131. The maximum Gasteiger partial charge on any atom is 0.225 e. The van der Waals surface area contributed by atoms with Gasteiger partial charge in [0.1, 0.15) is 0 Å². The van der Waals surface area contributed by atoms with Crippen LogP contribution >= 0.6 is 0 Å². The van der Waals surface area contributed by atoms with Crippen LogP contribution in [-0.2, 0) is 9.59 Å². The highest BCUT2D eigenvalue weighted by Gasteiger charge is 2.33. The van der Waals surface area contributed by atoms with Gasteiger partial charge in [0, 0.05) is 26.1 Å². The van der Waals surface area contributed by atoms with Gasteiger partial charge in [0.2, 0.25) is 11.8 Å². The van der Waals surface area contributed by atoms with Crippen LogP contribution in [0.15, 0.2) is 12.2 Å². The van der Waals surface area contributed by atoms with Gasteiger partial charge in [-0.1, -0.05) is 26.0 Å². The van der Waals surface area contributed by atoms with Crippen LogP contribution in [0.3, 0.4) is 0 Å². The molecule has 0 aromatic rings. The van der Waals surface area contributed by atoms with Crippen molar-refractivity contribution < 1.29 is 9.59 Å². The van der Waals surface area contributed by atoms with E-state index in [9.17, 15) is 9.59 Å². The van der Waals surface area contributed by atoms with Crippen molar-refractivity contribution in [2.24, 2.45) is 11.8 Å². The fourth-order valence-corrected chi connectivity index (χ4v) is 2.15. The SMILES string of the molecule is C/C=C/CCNC(=O)C1CC(=O)N(CC(C)C)C1. The summed E-state index contributed by atoms with van der Waals surface area (Å²) < 4.78 is 0. The highest BCUT2D eigenvalue weighted by atomic mass is 16.2. The molecule has 1 fully saturated rings. The second kappa shape index (κ2) is 7.19. The second-order valence-corrected chi connectivity index (χ2v) is 5.24. The van der Waals surface area contributed by atoms with E-state index in [1.807, 2.05) is 19.1 Å². The number of amides is 2. The van der Waals surface area contributed by atoms with Gasteiger partial charge in [-0.25, -0.2) is 0 Å². The average Bonchev–Trinajstić information content (AvgIpc) is 2.65. The Balaban J connectivity index is 2.35. The maximum absolute atomic E-state index is 11.9. The Labute approximate surface area is 109 Å². The number of carbonyl (C=O) groups is 2. The van der Waals surface area contributed by atoms with E-state index in [0.717, 1.165) is 13.0 Å². The molecular weight excluding hydrogens is 228 g/mol. The predicted octanol–water partition coefficient (Wildman–Crippen LogP) is 1.57. The Morgan fingerprint density at radius 2 is 2.28 bits per heavy atom. The van der Waals surface area contributed by atoms with Crippen LogP contribution in [-0.4, -0.2) is 36.3 Å². The van der Waals surface area contributed by atoms with Gasteiger partial charge in [0.05, 0.1) is 5.92 Å². The molecule has 0 aliphatic carbocycles. The Morgan fingerprint density at radius 1 is 1.56 bits per heavy atom. The van der Waals surface area contributed by atoms with E-state index >= 15 is 0 Å². The molecule has 102 valence electrons. The Morgan fingerprint density at radius 3 is 2.89 bits per heavy atom. The molecule has 0 spiro atoms. The smallest absolute Gasteiger partial charge is 0.225 e. The van der Waals surface area contributed by atoms with Crippen molar-refractivity contribution in [1.29, 1.82) is 0 Å². The molecule has 1 saturated heterocycles. The molecule has 1 aliphatic heterocycles. The minimum Gasteiger partial charge on any atom is -0.355 e. The highest BCUT2D eigenvalue weighted by molar-refractivity contribution is 5.89. The van der Waals surface area contributed by atoms with Crippen molar-refractivity contribution in [3.8, 4) is 0 Å². The maximum atomic E-state index is 11.9. The van der Waals surface area contributed by atoms with Crippen LogP contribution in [0.25, 0.3) is 0 Å². The Bertz CT molecular complexity index is 324. The molecule has 0 aromatic heterocycles. The number of likely N-dealkylation sites (tertiary alicyclic amines) is 1. The van der Waals surface area contributed by atoms with Gasteiger partial charge in [0.15, 0.2) is 0 Å². The van der Waals surface area contributed by atoms with Crippen molar-refractivity contribution in [3.05, 3.63) is 12.2 Å². The second-order valence-electron chi connectivity index (χ2n) is 5.24. The zero-order valence-electron chi connectivity index (χ0n) is 11.6. The average molecular weight is 252 g/mol. The molecule has 0 saturated carbocycles. The van der Waals surface area contributed by atoms with E-state index in [4.69, 9.17) is 0 Å². The summed E-state index contributed by atoms with van der Waals surface area (Å²) in [6.45, 7) is 8.10. The monoisotopic (exact) mass is 252 g/mol. The lowest BCUT2D eigenvalue weighted by Crippen LogP contribution is -2.34. The first kappa shape index (κ1) is 14.7. The fourth-order valence-electron chi connectivity index (χ4n) is 2.15. The summed E-state index contributed by atoms with van der Waals surface area (Å²) in [7, 11) is 0. The first-order valence-corrected chi connectivity index (χ1v) is 6.71. The molecule has 1 N–H and O–H groups in total. The molecule has 2 amide bonds. The van der Waals surface area contributed by atoms with Gasteiger partial charge in [-0.05, 0) is 19.3 Å². The molecule has 1 atom stereocenters. The molecule has 4 nitrogen and oxygen atoms in total. The standard InChI is InChI=1S/C14H24N2O2/c1-4-5-6-7-15-14(18)12-8-13(17)16(10-12)9-11(2)3/h4-5,11-12H,6-10H2,1-3H3,(H,15,18)/b5-4+. The first-order chi connectivity index (χ1) is 8.54. The summed E-state index contributed by atoms with van der Waals surface area (Å²) >= 11 is 0. The molecule has 1 aliphatic rings. The summed E-state index contributed by atoms with van der Waals surface area (Å²) in [5.41, 5.74) is 0. The van der Waals surface area contributed by atoms with Crippen molar-refractivity contribution in [2.45, 2.75) is 33.6 Å². The summed E-state index contributed by atoms with van der Waals surface area (Å²) in [6.07, 6.45) is 5.20. The van der Waals surface area contributed by atoms with Crippen LogP contribution in [0.1, 0.15) is 33.6 Å². The number of rotatable bonds is 6. The first-order valence-electron chi connectivity index (χ1n) is 6.71. The van der Waals surface area contributed by atoms with E-state index in [0.29, 0.717) is 25.4 Å². The van der Waals surface area contributed by atoms with Crippen LogP contribution in [0.4, 0.5) is 0 Å². The van der Waals surface area contributed by atoms with Crippen LogP contribution < -0.4 is 5.32 Å². The molecule has 18 heavy (non-hydrogen) atoms. The molecule has 0 radical (unpaired) electrons. The van der Waals surface area contributed by atoms with Crippen LogP contribution in [0, 0.1) is 11.8 Å². The third kappa shape index (κ3) is 4.51. The minimum atomic E-state index is -0.165. The number of hydrogen-bond donors (Lipinski definition) is 1. The quantitative estimate of drug-likeness (QED) is 0.576. The summed E-state index contributed by atoms with van der Waals surface area (Å²) in [5.74, 6) is 0.406. The largest absolute Gasteiger partial charge is 0.355 e. The van der Waals surface area contributed by atoms with Crippen LogP contribution in [0.2, 0.25) is 0 Å². The summed E-state index contributed by atoms with van der Waals surface area (Å²) in [4.78, 5) is 25.4. The molecule has 1 heterocycles. The topological polar surface area (TPSA) is 49.4 Å². The lowest BCUT2D eigenvalue weighted by Gasteiger charge is -2.18. The number of nitrogens with zero attached hydrogens (tertiary/aromatic N) is 1. The molecule has 0 bridgehead atoms. The molecule has 0 aromatic carbocycles. The lowest BCUT2D eigenvalue weighted by atomic mass is 10.1. The number of allylic oxidation sites excluding steroid dienone is 1. The summed E-state index contributed by atoms with van der Waals surface area (Å²) in [5, 5.41) is 2.88. The fraction of sp³-hybridized carbons (Fsp3) is 0.714. The van der Waals surface area contributed by atoms with Gasteiger partial charge >= 0.3 is 0 Å². The van der Waals surface area contributed by atoms with Gasteiger partial charge in [-0.15, -0.1) is 0 Å². The Hall–Kier alpha value is -1.32. The van der Waals surface area contributed by atoms with Crippen molar-refractivity contribution in [1.82, 2.24) is 10.2 Å². The van der Waals surface area contributed by atoms with E-state index in [-0.39, 0.29) is 17.7 Å². The molecule has 1 rings (SSSR count). The Kier molecular flexibility index (Phi) is 5.89. The molecule has 1 unspecified atom stereocenters. The lowest BCUT2D eigenvalue weighted by molar-refractivity contribution is -0.129. The molecular formula is C14H24N2O2. The number of nitrogens with one attached hydrogen (secondary N) is 1. The van der Waals surface area contributed by atoms with Gasteiger partial charge in [-0.2, -0.15) is 0 Å². The van der Waals surface area contributed by atoms with Crippen molar-refractivity contribution >= 4 is 11.8 Å². The normalized spacial score (nSPS) is 20.1. The van der Waals surface area contributed by atoms with Gasteiger partial charge in [-0.3, -0.25) is 9.59 Å². The van der Waals surface area contributed by atoms with Crippen LogP contribution in [0.5, 0.6) is 0 Å². The third-order valence-corrected chi connectivity index (χ3v) is 3.02. The third-order valence-electron chi connectivity index (χ3n) is 3.02. The van der Waals surface area contributed by atoms with Crippen molar-refractivity contribution in [3.63, 3.8) is 0 Å². The van der Waals surface area contributed by atoms with E-state index in [1.54, 1.807) is 4.90 Å². The predicted molar refractivity (Wildman–Crippen MR) is 72.0 cm³/mol. The van der Waals surface area contributed by atoms with E-state index in [1.165, 1.54) is 0 Å². The number of carbonyl (C=O) groups excluding carboxylic acids is 2. The van der Waals surface area contributed by atoms with Gasteiger partial charge < -0.3 is 10.2 Å². The van der Waals surface area contributed by atoms with E-state index in [2.05, 4.69) is 19.2 Å². The zero-order valence-corrected chi connectivity index (χ0v) is 11.6. The van der Waals surface area contributed by atoms with Crippen molar-refractivity contribution in [2.75, 3.05) is 19.6 Å². The van der Waals surface area contributed by atoms with Gasteiger partial charge in [0.25, 0.3) is 0 Å². The highest BCUT2D eigenvalue weighted by Crippen LogP contribution is 2.19. The number of hydrogen-bond acceptors (Lipinski definition) is 2.